The minimum absolute atomic E-state index is 0.116. The largest absolute Gasteiger partial charge is 0.715 e. The Balaban J connectivity index is 3.21. The number of hydrogen-bond acceptors (Lipinski definition) is 3. The minimum Gasteiger partial charge on any atom is -0.715 e. The normalized spacial score (nSPS) is 25.5. The highest BCUT2D eigenvalue weighted by atomic mass is 16.5. The highest BCUT2D eigenvalue weighted by Gasteiger charge is 2.59. The molecule has 0 atom stereocenters. The van der Waals surface area contributed by atoms with Gasteiger partial charge in [-0.15, -0.1) is 0 Å². The van der Waals surface area contributed by atoms with Gasteiger partial charge in [0, 0.05) is 5.21 Å². The number of hydrogen-bond donors (Lipinski definition) is 1. The smallest absolute Gasteiger partial charge is 0.310 e. The summed E-state index contributed by atoms with van der Waals surface area (Å²) in [6.07, 6.45) is 0. The maximum Gasteiger partial charge on any atom is 0.310 e. The summed E-state index contributed by atoms with van der Waals surface area (Å²) in [6.45, 7) is 6.24. The Morgan fingerprint density at radius 1 is 1.46 bits per heavy atom. The first-order valence-electron chi connectivity index (χ1n) is 4.18. The fraction of sp³-hybridized carbons (Fsp3) is 0.875. The minimum atomic E-state index is -0.813. The highest BCUT2D eigenvalue weighted by molar-refractivity contribution is 5.80. The van der Waals surface area contributed by atoms with Gasteiger partial charge in [-0.25, -0.2) is 0 Å². The third-order valence-electron chi connectivity index (χ3n) is 3.12. The van der Waals surface area contributed by atoms with Crippen LogP contribution in [0.3, 0.4) is 0 Å². The average Bonchev–Trinajstić information content (AvgIpc) is 2.13. The second kappa shape index (κ2) is 2.59. The van der Waals surface area contributed by atoms with E-state index in [1.165, 1.54) is 0 Å². The molecule has 1 rings (SSSR count). The number of aliphatic hydroxyl groups excluding tert-OH is 1. The molecule has 0 amide bonds. The van der Waals surface area contributed by atoms with Crippen molar-refractivity contribution in [1.29, 1.82) is 0 Å². The number of amidine groups is 1. The molecule has 0 unspecified atom stereocenters. The lowest BCUT2D eigenvalue weighted by Gasteiger charge is -2.32. The van der Waals surface area contributed by atoms with Crippen molar-refractivity contribution >= 4 is 5.84 Å². The van der Waals surface area contributed by atoms with Crippen LogP contribution in [-0.2, 0) is 5.21 Å². The summed E-state index contributed by atoms with van der Waals surface area (Å²) < 4.78 is 0.597. The lowest BCUT2D eigenvalue weighted by molar-refractivity contribution is -0.541. The molecule has 5 heteroatoms. The molecule has 13 heavy (non-hydrogen) atoms. The maximum atomic E-state index is 11.6. The standard InChI is InChI=1S/C8H15N2O3/c1-7(2)8(3,4)10(13)6(5-11)9(7)12/h11H,5H2,1-4H3. The Bertz CT molecular complexity index is 258. The molecular formula is C8H15N2O3. The molecule has 5 nitrogen and oxygen atoms in total. The van der Waals surface area contributed by atoms with Gasteiger partial charge in [0.2, 0.25) is 0 Å². The van der Waals surface area contributed by atoms with Gasteiger partial charge < -0.3 is 10.3 Å². The van der Waals surface area contributed by atoms with E-state index in [0.29, 0.717) is 9.80 Å². The monoisotopic (exact) mass is 187 g/mol. The van der Waals surface area contributed by atoms with Crippen molar-refractivity contribution in [3.63, 3.8) is 0 Å². The van der Waals surface area contributed by atoms with Crippen LogP contribution in [0.25, 0.3) is 0 Å². The lowest BCUT2D eigenvalue weighted by Crippen LogP contribution is -2.53. The molecule has 75 valence electrons. The molecule has 0 saturated heterocycles. The number of nitrogens with zero attached hydrogens (tertiary/aromatic N) is 2. The molecule has 0 aromatic carbocycles. The van der Waals surface area contributed by atoms with E-state index in [1.807, 2.05) is 0 Å². The summed E-state index contributed by atoms with van der Waals surface area (Å²) in [5, 5.41) is 32.6. The van der Waals surface area contributed by atoms with E-state index in [2.05, 4.69) is 0 Å². The second-order valence-corrected chi connectivity index (χ2v) is 4.28. The predicted octanol–water partition coefficient (Wildman–Crippen LogP) is 0.106. The maximum absolute atomic E-state index is 11.6. The van der Waals surface area contributed by atoms with E-state index in [-0.39, 0.29) is 5.84 Å². The zero-order valence-electron chi connectivity index (χ0n) is 8.37. The van der Waals surface area contributed by atoms with E-state index in [0.717, 1.165) is 0 Å². The van der Waals surface area contributed by atoms with Gasteiger partial charge in [-0.1, -0.05) is 5.06 Å². The van der Waals surface area contributed by atoms with Gasteiger partial charge in [0.05, 0.1) is 0 Å². The van der Waals surface area contributed by atoms with Crippen LogP contribution in [-0.4, -0.2) is 38.4 Å². The summed E-state index contributed by atoms with van der Waals surface area (Å²) in [5.74, 6) is -0.116. The van der Waals surface area contributed by atoms with Crippen LogP contribution in [0.15, 0.2) is 0 Å². The Labute approximate surface area is 77.4 Å². The average molecular weight is 187 g/mol. The lowest BCUT2D eigenvalue weighted by atomic mass is 9.84. The number of hydroxylamine groups is 3. The van der Waals surface area contributed by atoms with Gasteiger partial charge in [-0.05, 0) is 27.7 Å². The second-order valence-electron chi connectivity index (χ2n) is 4.28. The molecule has 1 heterocycles. The molecule has 1 radical (unpaired) electrons. The fourth-order valence-electron chi connectivity index (χ4n) is 1.35. The third-order valence-corrected chi connectivity index (χ3v) is 3.12. The topological polar surface area (TPSA) is 69.4 Å². The molecule has 1 aliphatic heterocycles. The Hall–Kier alpha value is -0.810. The molecule has 1 aliphatic rings. The zero-order chi connectivity index (χ0) is 10.4. The molecule has 1 N–H and O–H groups in total. The summed E-state index contributed by atoms with van der Waals surface area (Å²) in [5.41, 5.74) is -1.63. The predicted molar refractivity (Wildman–Crippen MR) is 46.4 cm³/mol. The molecular weight excluding hydrogens is 172 g/mol. The van der Waals surface area contributed by atoms with Crippen molar-refractivity contribution in [3.05, 3.63) is 5.21 Å². The molecule has 0 aromatic heterocycles. The summed E-state index contributed by atoms with van der Waals surface area (Å²) in [6, 6.07) is 0. The Kier molecular flexibility index (Phi) is 2.04. The fourth-order valence-corrected chi connectivity index (χ4v) is 1.35. The van der Waals surface area contributed by atoms with Crippen LogP contribution >= 0.6 is 0 Å². The van der Waals surface area contributed by atoms with Crippen molar-refractivity contribution in [3.8, 4) is 0 Å². The van der Waals surface area contributed by atoms with Gasteiger partial charge >= 0.3 is 5.84 Å². The molecule has 0 saturated carbocycles. The van der Waals surface area contributed by atoms with Crippen molar-refractivity contribution in [2.45, 2.75) is 38.8 Å². The van der Waals surface area contributed by atoms with Gasteiger partial charge in [-0.3, -0.25) is 4.74 Å². The summed E-state index contributed by atoms with van der Waals surface area (Å²) in [7, 11) is 0. The molecule has 0 fully saturated rings. The van der Waals surface area contributed by atoms with Crippen molar-refractivity contribution < 1.29 is 15.1 Å². The molecule has 0 aromatic rings. The van der Waals surface area contributed by atoms with E-state index in [9.17, 15) is 10.4 Å². The molecule has 0 spiro atoms. The summed E-state index contributed by atoms with van der Waals surface area (Å²) in [4.78, 5) is 0. The number of rotatable bonds is 1. The van der Waals surface area contributed by atoms with Crippen LogP contribution in [0, 0.1) is 5.21 Å². The van der Waals surface area contributed by atoms with E-state index >= 15 is 0 Å². The molecule has 0 bridgehead atoms. The first-order valence-corrected chi connectivity index (χ1v) is 4.18. The SMILES string of the molecule is CC1(C)N([O])C(CO)=[N+]([O-])C1(C)C. The highest BCUT2D eigenvalue weighted by Crippen LogP contribution is 2.35. The van der Waals surface area contributed by atoms with Gasteiger partial charge in [-0.2, -0.15) is 0 Å². The van der Waals surface area contributed by atoms with Crippen molar-refractivity contribution in [1.82, 2.24) is 5.06 Å². The van der Waals surface area contributed by atoms with Crippen LogP contribution < -0.4 is 0 Å². The van der Waals surface area contributed by atoms with Crippen molar-refractivity contribution in [2.75, 3.05) is 6.61 Å². The van der Waals surface area contributed by atoms with Crippen LogP contribution in [0.5, 0.6) is 0 Å². The zero-order valence-corrected chi connectivity index (χ0v) is 8.37. The summed E-state index contributed by atoms with van der Waals surface area (Å²) >= 11 is 0. The molecule has 0 aliphatic carbocycles. The van der Waals surface area contributed by atoms with Crippen LogP contribution in [0.1, 0.15) is 27.7 Å². The Morgan fingerprint density at radius 3 is 2.08 bits per heavy atom. The third kappa shape index (κ3) is 1.04. The van der Waals surface area contributed by atoms with Crippen LogP contribution in [0.4, 0.5) is 0 Å². The van der Waals surface area contributed by atoms with Gasteiger partial charge in [0.25, 0.3) is 0 Å². The van der Waals surface area contributed by atoms with E-state index in [1.54, 1.807) is 27.7 Å². The van der Waals surface area contributed by atoms with Crippen LogP contribution in [0.2, 0.25) is 0 Å². The van der Waals surface area contributed by atoms with E-state index < -0.39 is 17.7 Å². The first-order chi connectivity index (χ1) is 5.76. The van der Waals surface area contributed by atoms with Crippen molar-refractivity contribution in [2.24, 2.45) is 0 Å². The van der Waals surface area contributed by atoms with E-state index in [4.69, 9.17) is 5.11 Å². The number of aliphatic hydroxyl groups is 1. The Morgan fingerprint density at radius 2 is 1.92 bits per heavy atom. The van der Waals surface area contributed by atoms with Gasteiger partial charge in [0.1, 0.15) is 12.1 Å². The van der Waals surface area contributed by atoms with Gasteiger partial charge in [0.15, 0.2) is 5.54 Å². The quantitative estimate of drug-likeness (QED) is 0.467. The first kappa shape index (κ1) is 10.3.